The van der Waals surface area contributed by atoms with Crippen molar-refractivity contribution in [2.24, 2.45) is 5.92 Å². The molecule has 0 spiro atoms. The van der Waals surface area contributed by atoms with Crippen molar-refractivity contribution in [2.45, 2.75) is 39.5 Å². The van der Waals surface area contributed by atoms with Gasteiger partial charge >= 0.3 is 0 Å². The molecule has 0 saturated carbocycles. The molecule has 9 rings (SSSR count). The smallest absolute Gasteiger partial charge is 0.0189 e. The Kier molecular flexibility index (Phi) is 8.46. The fraction of sp³-hybridized carbons (Fsp3) is 0.156. The van der Waals surface area contributed by atoms with Crippen LogP contribution < -0.4 is 0 Å². The first-order valence-electron chi connectivity index (χ1n) is 16.5. The normalized spacial score (nSPS) is 12.9. The SMILES string of the molecule is CC(C)Cc1ccc2ccc3c4ccnc5c4c(cc3c2c1)C(C)(C)c1cc2ccccc2[c-]c1-5.[Ir].[c-]1ccccc1-c1ccccn1. The van der Waals surface area contributed by atoms with Crippen molar-refractivity contribution in [3.05, 3.63) is 156 Å². The van der Waals surface area contributed by atoms with Gasteiger partial charge in [0.2, 0.25) is 0 Å². The summed E-state index contributed by atoms with van der Waals surface area (Å²) in [5, 5.41) is 10.3. The van der Waals surface area contributed by atoms with Gasteiger partial charge in [-0.3, -0.25) is 4.98 Å². The predicted octanol–water partition coefficient (Wildman–Crippen LogP) is 11.5. The van der Waals surface area contributed by atoms with E-state index in [1.165, 1.54) is 54.4 Å². The van der Waals surface area contributed by atoms with E-state index in [0.29, 0.717) is 5.92 Å². The number of hydrogen-bond acceptors (Lipinski definition) is 2. The molecule has 0 unspecified atom stereocenters. The number of aromatic nitrogens is 2. The molecule has 0 saturated heterocycles. The molecule has 3 heteroatoms. The average Bonchev–Trinajstić information content (AvgIpc) is 3.10. The van der Waals surface area contributed by atoms with Gasteiger partial charge < -0.3 is 4.98 Å². The van der Waals surface area contributed by atoms with Gasteiger partial charge in [-0.25, -0.2) is 0 Å². The van der Waals surface area contributed by atoms with E-state index in [9.17, 15) is 0 Å². The molecule has 8 aromatic rings. The zero-order valence-corrected chi connectivity index (χ0v) is 30.0. The number of rotatable bonds is 3. The second kappa shape index (κ2) is 12.7. The summed E-state index contributed by atoms with van der Waals surface area (Å²) in [5.41, 5.74) is 8.14. The molecule has 2 heterocycles. The topological polar surface area (TPSA) is 25.8 Å². The van der Waals surface area contributed by atoms with Crippen molar-refractivity contribution in [3.8, 4) is 22.5 Å². The minimum absolute atomic E-state index is 0. The molecular weight excluding hydrogens is 761 g/mol. The molecule has 2 nitrogen and oxygen atoms in total. The molecule has 0 aliphatic heterocycles. The molecule has 0 N–H and O–H groups in total. The first-order valence-corrected chi connectivity index (χ1v) is 16.5. The van der Waals surface area contributed by atoms with Gasteiger partial charge in [0, 0.05) is 38.2 Å². The summed E-state index contributed by atoms with van der Waals surface area (Å²) >= 11 is 0. The summed E-state index contributed by atoms with van der Waals surface area (Å²) in [5.74, 6) is 0.638. The quantitative estimate of drug-likeness (QED) is 0.131. The molecule has 6 aromatic carbocycles. The van der Waals surface area contributed by atoms with Crippen molar-refractivity contribution < 1.29 is 20.1 Å². The molecule has 0 atom stereocenters. The van der Waals surface area contributed by atoms with E-state index in [1.54, 1.807) is 6.20 Å². The fourth-order valence-corrected chi connectivity index (χ4v) is 7.30. The Balaban J connectivity index is 0.000000237. The van der Waals surface area contributed by atoms with Gasteiger partial charge in [0.25, 0.3) is 0 Å². The third-order valence-corrected chi connectivity index (χ3v) is 9.59. The van der Waals surface area contributed by atoms with Crippen LogP contribution >= 0.6 is 0 Å². The first-order chi connectivity index (χ1) is 22.9. The van der Waals surface area contributed by atoms with E-state index in [0.717, 1.165) is 34.3 Å². The number of pyridine rings is 2. The van der Waals surface area contributed by atoms with Gasteiger partial charge in [-0.1, -0.05) is 111 Å². The predicted molar refractivity (Wildman–Crippen MR) is 198 cm³/mol. The van der Waals surface area contributed by atoms with Crippen LogP contribution in [-0.2, 0) is 31.9 Å². The number of fused-ring (bicyclic) bond motifs is 7. The Morgan fingerprint density at radius 2 is 1.48 bits per heavy atom. The van der Waals surface area contributed by atoms with Gasteiger partial charge in [-0.2, -0.15) is 0 Å². The summed E-state index contributed by atoms with van der Waals surface area (Å²) in [4.78, 5) is 9.15. The van der Waals surface area contributed by atoms with Crippen LogP contribution in [0.15, 0.2) is 128 Å². The third-order valence-electron chi connectivity index (χ3n) is 9.59. The monoisotopic (exact) mass is 797 g/mol. The van der Waals surface area contributed by atoms with Crippen LogP contribution in [0.2, 0.25) is 0 Å². The molecule has 2 aromatic heterocycles. The number of nitrogens with zero attached hydrogens (tertiary/aromatic N) is 2. The van der Waals surface area contributed by atoms with Gasteiger partial charge in [0.1, 0.15) is 0 Å². The number of hydrogen-bond donors (Lipinski definition) is 0. The molecule has 237 valence electrons. The first kappa shape index (κ1) is 31.9. The minimum atomic E-state index is -0.157. The molecule has 0 bridgehead atoms. The Morgan fingerprint density at radius 1 is 0.667 bits per heavy atom. The second-order valence-corrected chi connectivity index (χ2v) is 13.6. The zero-order valence-electron chi connectivity index (χ0n) is 27.6. The van der Waals surface area contributed by atoms with Crippen LogP contribution in [0.5, 0.6) is 0 Å². The molecule has 1 aliphatic rings. The van der Waals surface area contributed by atoms with Crippen LogP contribution in [0.25, 0.3) is 65.6 Å². The summed E-state index contributed by atoms with van der Waals surface area (Å²) in [6.45, 7) is 9.31. The third kappa shape index (κ3) is 5.52. The molecular formula is C45H36IrN2-2. The van der Waals surface area contributed by atoms with E-state index in [-0.39, 0.29) is 25.5 Å². The molecule has 0 amide bonds. The number of benzene rings is 6. The van der Waals surface area contributed by atoms with Crippen LogP contribution in [0.3, 0.4) is 0 Å². The van der Waals surface area contributed by atoms with E-state index in [1.807, 2.05) is 48.7 Å². The summed E-state index contributed by atoms with van der Waals surface area (Å²) in [6, 6.07) is 47.7. The fourth-order valence-electron chi connectivity index (χ4n) is 7.30. The standard InChI is InChI=1S/C34H28N.C11H8N.Ir/c1-20(2)15-21-9-10-22-11-12-25-26-13-14-35-33-29-17-23-7-5-6-8-24(23)18-30(29)34(3,4)31(32(26)33)19-28(25)27(22)16-21;1-2-6-10(7-3-1)11-8-4-5-9-12-11;/h5-14,16,18-20H,15H2,1-4H3;1-6,8-9H;/q2*-1;. The van der Waals surface area contributed by atoms with E-state index < -0.39 is 0 Å². The Labute approximate surface area is 296 Å². The summed E-state index contributed by atoms with van der Waals surface area (Å²) in [7, 11) is 0. The summed E-state index contributed by atoms with van der Waals surface area (Å²) in [6.07, 6.45) is 4.87. The molecule has 1 radical (unpaired) electrons. The van der Waals surface area contributed by atoms with Crippen molar-refractivity contribution >= 4 is 43.1 Å². The largest absolute Gasteiger partial charge is 0.305 e. The second-order valence-electron chi connectivity index (χ2n) is 13.6. The van der Waals surface area contributed by atoms with Crippen molar-refractivity contribution in [1.82, 2.24) is 9.97 Å². The Bertz CT molecular complexity index is 2390. The van der Waals surface area contributed by atoms with E-state index >= 15 is 0 Å². The van der Waals surface area contributed by atoms with Crippen LogP contribution in [0.1, 0.15) is 44.4 Å². The van der Waals surface area contributed by atoms with Crippen LogP contribution in [0, 0.1) is 18.1 Å². The van der Waals surface area contributed by atoms with Gasteiger partial charge in [-0.05, 0) is 79.0 Å². The van der Waals surface area contributed by atoms with Crippen molar-refractivity contribution in [3.63, 3.8) is 0 Å². The maximum absolute atomic E-state index is 4.94. The van der Waals surface area contributed by atoms with Crippen LogP contribution in [0.4, 0.5) is 0 Å². The maximum atomic E-state index is 4.94. The minimum Gasteiger partial charge on any atom is -0.305 e. The zero-order chi connectivity index (χ0) is 32.1. The van der Waals surface area contributed by atoms with E-state index in [2.05, 4.69) is 118 Å². The Hall–Kier alpha value is -4.69. The molecule has 1 aliphatic carbocycles. The van der Waals surface area contributed by atoms with Gasteiger partial charge in [0.15, 0.2) is 0 Å². The van der Waals surface area contributed by atoms with Gasteiger partial charge in [0.05, 0.1) is 0 Å². The summed E-state index contributed by atoms with van der Waals surface area (Å²) < 4.78 is 0. The van der Waals surface area contributed by atoms with Crippen molar-refractivity contribution in [2.75, 3.05) is 0 Å². The van der Waals surface area contributed by atoms with Gasteiger partial charge in [-0.15, -0.1) is 59.5 Å². The Morgan fingerprint density at radius 3 is 2.27 bits per heavy atom. The molecule has 0 fully saturated rings. The molecule has 48 heavy (non-hydrogen) atoms. The van der Waals surface area contributed by atoms with E-state index in [4.69, 9.17) is 4.98 Å². The van der Waals surface area contributed by atoms with Crippen molar-refractivity contribution in [1.29, 1.82) is 0 Å². The van der Waals surface area contributed by atoms with Crippen LogP contribution in [-0.4, -0.2) is 9.97 Å². The maximum Gasteiger partial charge on any atom is 0.0189 e. The average molecular weight is 797 g/mol.